The highest BCUT2D eigenvalue weighted by atomic mass is 16.5. The second kappa shape index (κ2) is 7.14. The molecular formula is C15H21NO3. The highest BCUT2D eigenvalue weighted by molar-refractivity contribution is 5.94. The molecule has 1 aliphatic rings. The topological polar surface area (TPSA) is 47.6 Å². The number of benzene rings is 1. The zero-order chi connectivity index (χ0) is 13.5. The monoisotopic (exact) mass is 263 g/mol. The third kappa shape index (κ3) is 4.24. The van der Waals surface area contributed by atoms with Crippen LogP contribution in [0.2, 0.25) is 0 Å². The van der Waals surface area contributed by atoms with E-state index in [0.29, 0.717) is 24.8 Å². The van der Waals surface area contributed by atoms with Crippen molar-refractivity contribution >= 4 is 5.91 Å². The Labute approximate surface area is 114 Å². The molecule has 1 aliphatic carbocycles. The predicted octanol–water partition coefficient (Wildman–Crippen LogP) is 2.38. The fourth-order valence-electron chi connectivity index (χ4n) is 2.28. The van der Waals surface area contributed by atoms with Crippen LogP contribution < -0.4 is 10.1 Å². The van der Waals surface area contributed by atoms with E-state index in [1.165, 1.54) is 12.8 Å². The van der Waals surface area contributed by atoms with Crippen molar-refractivity contribution in [1.82, 2.24) is 5.32 Å². The van der Waals surface area contributed by atoms with E-state index in [-0.39, 0.29) is 5.91 Å². The van der Waals surface area contributed by atoms with Gasteiger partial charge >= 0.3 is 0 Å². The van der Waals surface area contributed by atoms with Crippen LogP contribution in [0.1, 0.15) is 36.0 Å². The van der Waals surface area contributed by atoms with Crippen molar-refractivity contribution in [3.05, 3.63) is 29.8 Å². The standard InChI is InChI=1S/C15H21NO3/c1-18-10-11-19-14-8-6-12(7-9-14)15(17)16-13-4-2-3-5-13/h6-9,13H,2-5,10-11H2,1H3,(H,16,17). The van der Waals surface area contributed by atoms with Gasteiger partial charge in [-0.25, -0.2) is 0 Å². The largest absolute Gasteiger partial charge is 0.491 e. The summed E-state index contributed by atoms with van der Waals surface area (Å²) in [5, 5.41) is 3.07. The van der Waals surface area contributed by atoms with Gasteiger partial charge in [0.1, 0.15) is 12.4 Å². The molecule has 4 heteroatoms. The smallest absolute Gasteiger partial charge is 0.251 e. The summed E-state index contributed by atoms with van der Waals surface area (Å²) in [6.07, 6.45) is 4.64. The molecule has 1 aromatic carbocycles. The van der Waals surface area contributed by atoms with Crippen molar-refractivity contribution in [1.29, 1.82) is 0 Å². The van der Waals surface area contributed by atoms with Gasteiger partial charge in [0.25, 0.3) is 5.91 Å². The average Bonchev–Trinajstić information content (AvgIpc) is 2.93. The molecule has 0 unspecified atom stereocenters. The molecule has 0 saturated heterocycles. The van der Waals surface area contributed by atoms with Crippen LogP contribution in [0.5, 0.6) is 5.75 Å². The van der Waals surface area contributed by atoms with Gasteiger partial charge in [0.2, 0.25) is 0 Å². The summed E-state index contributed by atoms with van der Waals surface area (Å²) in [6.45, 7) is 1.08. The van der Waals surface area contributed by atoms with E-state index < -0.39 is 0 Å². The Morgan fingerprint density at radius 3 is 2.53 bits per heavy atom. The number of methoxy groups -OCH3 is 1. The van der Waals surface area contributed by atoms with Crippen LogP contribution in [0.25, 0.3) is 0 Å². The first-order valence-electron chi connectivity index (χ1n) is 6.82. The molecule has 104 valence electrons. The summed E-state index contributed by atoms with van der Waals surface area (Å²) in [5.74, 6) is 0.768. The summed E-state index contributed by atoms with van der Waals surface area (Å²) in [5.41, 5.74) is 0.686. The quantitative estimate of drug-likeness (QED) is 0.802. The molecule has 0 aromatic heterocycles. The zero-order valence-electron chi connectivity index (χ0n) is 11.4. The van der Waals surface area contributed by atoms with E-state index >= 15 is 0 Å². The minimum Gasteiger partial charge on any atom is -0.491 e. The summed E-state index contributed by atoms with van der Waals surface area (Å²) < 4.78 is 10.4. The van der Waals surface area contributed by atoms with Crippen molar-refractivity contribution in [2.45, 2.75) is 31.7 Å². The highest BCUT2D eigenvalue weighted by Gasteiger charge is 2.17. The van der Waals surface area contributed by atoms with Gasteiger partial charge in [-0.15, -0.1) is 0 Å². The molecule has 0 atom stereocenters. The molecule has 4 nitrogen and oxygen atoms in total. The number of ether oxygens (including phenoxy) is 2. The molecular weight excluding hydrogens is 242 g/mol. The van der Waals surface area contributed by atoms with E-state index in [9.17, 15) is 4.79 Å². The third-order valence-electron chi connectivity index (χ3n) is 3.36. The SMILES string of the molecule is COCCOc1ccc(C(=O)NC2CCCC2)cc1. The number of rotatable bonds is 6. The summed E-state index contributed by atoms with van der Waals surface area (Å²) in [4.78, 5) is 12.0. The summed E-state index contributed by atoms with van der Waals surface area (Å²) in [6, 6.07) is 7.59. The van der Waals surface area contributed by atoms with E-state index in [4.69, 9.17) is 9.47 Å². The first kappa shape index (κ1) is 13.9. The number of carbonyl (C=O) groups excluding carboxylic acids is 1. The molecule has 0 bridgehead atoms. The third-order valence-corrected chi connectivity index (χ3v) is 3.36. The van der Waals surface area contributed by atoms with Gasteiger partial charge in [-0.3, -0.25) is 4.79 Å². The second-order valence-electron chi connectivity index (χ2n) is 4.82. The average molecular weight is 263 g/mol. The lowest BCUT2D eigenvalue weighted by atomic mass is 10.1. The lowest BCUT2D eigenvalue weighted by molar-refractivity contribution is 0.0938. The maximum absolute atomic E-state index is 12.0. The van der Waals surface area contributed by atoms with Gasteiger partial charge in [-0.1, -0.05) is 12.8 Å². The van der Waals surface area contributed by atoms with E-state index in [2.05, 4.69) is 5.32 Å². The van der Waals surface area contributed by atoms with E-state index in [1.807, 2.05) is 12.1 Å². The van der Waals surface area contributed by atoms with Crippen molar-refractivity contribution in [2.75, 3.05) is 20.3 Å². The van der Waals surface area contributed by atoms with Gasteiger partial charge in [0, 0.05) is 18.7 Å². The first-order valence-corrected chi connectivity index (χ1v) is 6.82. The van der Waals surface area contributed by atoms with Crippen LogP contribution in [0, 0.1) is 0 Å². The number of hydrogen-bond acceptors (Lipinski definition) is 3. The van der Waals surface area contributed by atoms with Gasteiger partial charge in [0.05, 0.1) is 6.61 Å². The Bertz CT molecular complexity index is 396. The first-order chi connectivity index (χ1) is 9.29. The minimum absolute atomic E-state index is 0.00958. The molecule has 2 rings (SSSR count). The molecule has 0 spiro atoms. The van der Waals surface area contributed by atoms with Crippen LogP contribution in [0.3, 0.4) is 0 Å². The Hall–Kier alpha value is -1.55. The number of amides is 1. The number of nitrogens with one attached hydrogen (secondary N) is 1. The Kier molecular flexibility index (Phi) is 5.21. The molecule has 19 heavy (non-hydrogen) atoms. The Morgan fingerprint density at radius 2 is 1.89 bits per heavy atom. The molecule has 1 N–H and O–H groups in total. The molecule has 0 heterocycles. The number of carbonyl (C=O) groups is 1. The van der Waals surface area contributed by atoms with Crippen molar-refractivity contribution in [2.24, 2.45) is 0 Å². The van der Waals surface area contributed by atoms with Crippen LogP contribution in [-0.2, 0) is 4.74 Å². The van der Waals surface area contributed by atoms with E-state index in [0.717, 1.165) is 18.6 Å². The van der Waals surface area contributed by atoms with Gasteiger partial charge < -0.3 is 14.8 Å². The van der Waals surface area contributed by atoms with E-state index in [1.54, 1.807) is 19.2 Å². The minimum atomic E-state index is 0.00958. The molecule has 0 radical (unpaired) electrons. The predicted molar refractivity (Wildman–Crippen MR) is 73.5 cm³/mol. The highest BCUT2D eigenvalue weighted by Crippen LogP contribution is 2.18. The van der Waals surface area contributed by atoms with Crippen LogP contribution in [0.15, 0.2) is 24.3 Å². The van der Waals surface area contributed by atoms with Crippen molar-refractivity contribution in [3.8, 4) is 5.75 Å². The van der Waals surface area contributed by atoms with Gasteiger partial charge in [-0.05, 0) is 37.1 Å². The lowest BCUT2D eigenvalue weighted by Gasteiger charge is -2.12. The van der Waals surface area contributed by atoms with Gasteiger partial charge in [0.15, 0.2) is 0 Å². The molecule has 1 amide bonds. The maximum atomic E-state index is 12.0. The van der Waals surface area contributed by atoms with Crippen molar-refractivity contribution < 1.29 is 14.3 Å². The zero-order valence-corrected chi connectivity index (χ0v) is 11.4. The normalized spacial score (nSPS) is 15.4. The molecule has 0 aliphatic heterocycles. The molecule has 1 aromatic rings. The van der Waals surface area contributed by atoms with Crippen LogP contribution in [-0.4, -0.2) is 32.3 Å². The lowest BCUT2D eigenvalue weighted by Crippen LogP contribution is -2.32. The van der Waals surface area contributed by atoms with Crippen molar-refractivity contribution in [3.63, 3.8) is 0 Å². The summed E-state index contributed by atoms with van der Waals surface area (Å²) >= 11 is 0. The van der Waals surface area contributed by atoms with Crippen LogP contribution >= 0.6 is 0 Å². The maximum Gasteiger partial charge on any atom is 0.251 e. The fraction of sp³-hybridized carbons (Fsp3) is 0.533. The van der Waals surface area contributed by atoms with Gasteiger partial charge in [-0.2, -0.15) is 0 Å². The fourth-order valence-corrected chi connectivity index (χ4v) is 2.28. The Balaban J connectivity index is 1.84. The second-order valence-corrected chi connectivity index (χ2v) is 4.82. The Morgan fingerprint density at radius 1 is 1.21 bits per heavy atom. The molecule has 1 saturated carbocycles. The molecule has 1 fully saturated rings. The van der Waals surface area contributed by atoms with Crippen LogP contribution in [0.4, 0.5) is 0 Å². The summed E-state index contributed by atoms with van der Waals surface area (Å²) in [7, 11) is 1.64. The number of hydrogen-bond donors (Lipinski definition) is 1.